The normalized spacial score (nSPS) is 16.4. The summed E-state index contributed by atoms with van der Waals surface area (Å²) in [6, 6.07) is 0. The summed E-state index contributed by atoms with van der Waals surface area (Å²) in [6.07, 6.45) is 20.9. The molecule has 0 heterocycles. The standard InChI is InChI=1S/C27H51NO3/c1-3-5-7-9-10-11-12-13-14-15-16-18-22-20-24(22)26(30)25(21-29)23(27(28)31)19-17-8-6-4-2/h23,25-26,29-30H,3-21H2,1-2H3,(H2,28,31)/t23?,25-,26+/m0/s1. The molecule has 0 aromatic heterocycles. The third-order valence-electron chi connectivity index (χ3n) is 7.04. The van der Waals surface area contributed by atoms with Crippen molar-refractivity contribution in [1.82, 2.24) is 0 Å². The topological polar surface area (TPSA) is 83.6 Å². The summed E-state index contributed by atoms with van der Waals surface area (Å²) in [5.41, 5.74) is 8.03. The molecule has 0 saturated heterocycles. The molecule has 1 aliphatic rings. The number of rotatable bonds is 22. The van der Waals surface area contributed by atoms with Crippen molar-refractivity contribution >= 4 is 5.91 Å². The van der Waals surface area contributed by atoms with E-state index >= 15 is 0 Å². The molecule has 1 amide bonds. The van der Waals surface area contributed by atoms with Gasteiger partial charge in [-0.1, -0.05) is 109 Å². The van der Waals surface area contributed by atoms with Gasteiger partial charge in [0, 0.05) is 18.4 Å². The summed E-state index contributed by atoms with van der Waals surface area (Å²) >= 11 is 0. The van der Waals surface area contributed by atoms with Crippen molar-refractivity contribution in [3.8, 4) is 0 Å². The minimum absolute atomic E-state index is 0.183. The van der Waals surface area contributed by atoms with Crippen molar-refractivity contribution in [3.63, 3.8) is 0 Å². The Kier molecular flexibility index (Phi) is 16.0. The highest BCUT2D eigenvalue weighted by Gasteiger charge is 2.38. The van der Waals surface area contributed by atoms with Gasteiger partial charge < -0.3 is 15.9 Å². The Balaban J connectivity index is 2.24. The number of carbonyl (C=O) groups excluding carboxylic acids is 1. The molecule has 1 unspecified atom stereocenters. The van der Waals surface area contributed by atoms with Gasteiger partial charge in [-0.05, 0) is 31.3 Å². The van der Waals surface area contributed by atoms with Crippen LogP contribution in [0.2, 0.25) is 0 Å². The third-order valence-corrected chi connectivity index (χ3v) is 7.04. The van der Waals surface area contributed by atoms with Crippen molar-refractivity contribution < 1.29 is 15.0 Å². The summed E-state index contributed by atoms with van der Waals surface area (Å²) in [5, 5.41) is 20.7. The number of unbranched alkanes of at least 4 members (excludes halogenated alkanes) is 13. The zero-order valence-electron chi connectivity index (χ0n) is 20.5. The predicted molar refractivity (Wildman–Crippen MR) is 131 cm³/mol. The second-order valence-corrected chi connectivity index (χ2v) is 9.74. The molecule has 0 fully saturated rings. The Morgan fingerprint density at radius 1 is 0.839 bits per heavy atom. The summed E-state index contributed by atoms with van der Waals surface area (Å²) in [6.45, 7) is 4.24. The van der Waals surface area contributed by atoms with Gasteiger partial charge in [0.15, 0.2) is 0 Å². The molecule has 3 atom stereocenters. The second-order valence-electron chi connectivity index (χ2n) is 9.74. The van der Waals surface area contributed by atoms with Crippen LogP contribution in [0.15, 0.2) is 11.1 Å². The lowest BCUT2D eigenvalue weighted by molar-refractivity contribution is -0.126. The minimum atomic E-state index is -0.712. The molecule has 182 valence electrons. The molecule has 1 aliphatic carbocycles. The van der Waals surface area contributed by atoms with E-state index in [0.29, 0.717) is 6.42 Å². The van der Waals surface area contributed by atoms with Crippen LogP contribution in [0.4, 0.5) is 0 Å². The number of primary amides is 1. The fourth-order valence-corrected chi connectivity index (χ4v) is 4.81. The Labute approximate surface area is 192 Å². The van der Waals surface area contributed by atoms with Gasteiger partial charge in [0.05, 0.1) is 6.10 Å². The first-order valence-corrected chi connectivity index (χ1v) is 13.4. The molecule has 0 saturated carbocycles. The number of aliphatic hydroxyl groups is 2. The minimum Gasteiger partial charge on any atom is -0.396 e. The lowest BCUT2D eigenvalue weighted by Crippen LogP contribution is -2.38. The van der Waals surface area contributed by atoms with Crippen molar-refractivity contribution in [2.24, 2.45) is 17.6 Å². The Morgan fingerprint density at radius 2 is 1.32 bits per heavy atom. The first-order chi connectivity index (χ1) is 15.1. The Morgan fingerprint density at radius 3 is 1.81 bits per heavy atom. The zero-order chi connectivity index (χ0) is 22.9. The van der Waals surface area contributed by atoms with E-state index in [1.54, 1.807) is 0 Å². The average Bonchev–Trinajstić information content (AvgIpc) is 3.53. The molecule has 31 heavy (non-hydrogen) atoms. The van der Waals surface area contributed by atoms with E-state index in [1.165, 1.54) is 76.2 Å². The largest absolute Gasteiger partial charge is 0.396 e. The maximum absolute atomic E-state index is 12.0. The molecule has 0 aliphatic heterocycles. The molecule has 0 radical (unpaired) electrons. The smallest absolute Gasteiger partial charge is 0.221 e. The number of amides is 1. The highest BCUT2D eigenvalue weighted by molar-refractivity contribution is 5.77. The first-order valence-electron chi connectivity index (χ1n) is 13.4. The number of allylic oxidation sites excluding steroid dienone is 1. The van der Waals surface area contributed by atoms with Crippen LogP contribution >= 0.6 is 0 Å². The number of hydrogen-bond donors (Lipinski definition) is 3. The highest BCUT2D eigenvalue weighted by Crippen LogP contribution is 2.41. The van der Waals surface area contributed by atoms with Gasteiger partial charge in [-0.2, -0.15) is 0 Å². The van der Waals surface area contributed by atoms with Crippen LogP contribution in [0.5, 0.6) is 0 Å². The van der Waals surface area contributed by atoms with Crippen molar-refractivity contribution in [2.45, 2.75) is 136 Å². The van der Waals surface area contributed by atoms with E-state index in [-0.39, 0.29) is 12.5 Å². The maximum Gasteiger partial charge on any atom is 0.221 e. The number of aliphatic hydroxyl groups excluding tert-OH is 2. The highest BCUT2D eigenvalue weighted by atomic mass is 16.3. The molecule has 0 aromatic carbocycles. The van der Waals surface area contributed by atoms with E-state index < -0.39 is 17.9 Å². The average molecular weight is 438 g/mol. The monoisotopic (exact) mass is 437 g/mol. The SMILES string of the molecule is CCCCCCCCCCCCCC1=C([C@@H](O)[C@@H](CO)C(CCCCCC)C(N)=O)C1. The summed E-state index contributed by atoms with van der Waals surface area (Å²) < 4.78 is 0. The Hall–Kier alpha value is -0.870. The molecular formula is C27H51NO3. The van der Waals surface area contributed by atoms with E-state index in [4.69, 9.17) is 5.73 Å². The van der Waals surface area contributed by atoms with E-state index in [0.717, 1.165) is 44.1 Å². The van der Waals surface area contributed by atoms with E-state index in [2.05, 4.69) is 13.8 Å². The molecule has 4 N–H and O–H groups in total. The van der Waals surface area contributed by atoms with Gasteiger partial charge in [-0.25, -0.2) is 0 Å². The van der Waals surface area contributed by atoms with Crippen LogP contribution in [0.3, 0.4) is 0 Å². The van der Waals surface area contributed by atoms with Gasteiger partial charge in [-0.15, -0.1) is 0 Å². The molecule has 4 heteroatoms. The van der Waals surface area contributed by atoms with Gasteiger partial charge >= 0.3 is 0 Å². The van der Waals surface area contributed by atoms with Crippen LogP contribution in [0.25, 0.3) is 0 Å². The van der Waals surface area contributed by atoms with Gasteiger partial charge in [0.2, 0.25) is 5.91 Å². The van der Waals surface area contributed by atoms with Gasteiger partial charge in [-0.3, -0.25) is 4.79 Å². The van der Waals surface area contributed by atoms with Crippen LogP contribution in [0.1, 0.15) is 129 Å². The first kappa shape index (κ1) is 28.2. The number of nitrogens with two attached hydrogens (primary N) is 1. The summed E-state index contributed by atoms with van der Waals surface area (Å²) in [5.74, 6) is -1.28. The zero-order valence-corrected chi connectivity index (χ0v) is 20.5. The Bertz CT molecular complexity index is 503. The summed E-state index contributed by atoms with van der Waals surface area (Å²) in [7, 11) is 0. The predicted octanol–water partition coefficient (Wildman–Crippen LogP) is 6.43. The van der Waals surface area contributed by atoms with Crippen molar-refractivity contribution in [2.75, 3.05) is 6.61 Å². The maximum atomic E-state index is 12.0. The van der Waals surface area contributed by atoms with Crippen molar-refractivity contribution in [1.29, 1.82) is 0 Å². The number of hydrogen-bond acceptors (Lipinski definition) is 3. The van der Waals surface area contributed by atoms with E-state index in [9.17, 15) is 15.0 Å². The lowest BCUT2D eigenvalue weighted by atomic mass is 9.82. The van der Waals surface area contributed by atoms with Gasteiger partial charge in [0.1, 0.15) is 0 Å². The molecule has 0 aromatic rings. The molecule has 0 spiro atoms. The van der Waals surface area contributed by atoms with Crippen LogP contribution in [-0.2, 0) is 4.79 Å². The van der Waals surface area contributed by atoms with Crippen LogP contribution in [0, 0.1) is 11.8 Å². The molecular weight excluding hydrogens is 386 g/mol. The van der Waals surface area contributed by atoms with E-state index in [1.807, 2.05) is 0 Å². The van der Waals surface area contributed by atoms with Crippen molar-refractivity contribution in [3.05, 3.63) is 11.1 Å². The molecule has 1 rings (SSSR count). The molecule has 4 nitrogen and oxygen atoms in total. The van der Waals surface area contributed by atoms with Crippen LogP contribution in [-0.4, -0.2) is 28.8 Å². The fraction of sp³-hybridized carbons (Fsp3) is 0.889. The quantitative estimate of drug-likeness (QED) is 0.135. The van der Waals surface area contributed by atoms with Gasteiger partial charge in [0.25, 0.3) is 0 Å². The fourth-order valence-electron chi connectivity index (χ4n) is 4.81. The lowest BCUT2D eigenvalue weighted by Gasteiger charge is -2.26. The second kappa shape index (κ2) is 17.7. The summed E-state index contributed by atoms with van der Waals surface area (Å²) in [4.78, 5) is 12.0. The number of carbonyl (C=O) groups is 1. The third kappa shape index (κ3) is 12.1. The van der Waals surface area contributed by atoms with Crippen LogP contribution < -0.4 is 5.73 Å². The molecule has 0 bridgehead atoms.